The quantitative estimate of drug-likeness (QED) is 0.373. The van der Waals surface area contributed by atoms with Crippen molar-refractivity contribution in [3.8, 4) is 0 Å². The van der Waals surface area contributed by atoms with Gasteiger partial charge in [-0.2, -0.15) is 0 Å². The molecule has 0 atom stereocenters. The molecule has 3 rings (SSSR count). The Labute approximate surface area is 199 Å². The average Bonchev–Trinajstić information content (AvgIpc) is 2.76. The molecule has 0 aromatic heterocycles. The normalized spacial score (nSPS) is 9.21. The molecule has 0 bridgehead atoms. The van der Waals surface area contributed by atoms with Gasteiger partial charge in [-0.25, -0.2) is 0 Å². The van der Waals surface area contributed by atoms with Crippen LogP contribution < -0.4 is 14.7 Å². The molecule has 0 saturated carbocycles. The summed E-state index contributed by atoms with van der Waals surface area (Å²) in [6.07, 6.45) is 0. The van der Waals surface area contributed by atoms with Gasteiger partial charge in [-0.15, -0.1) is 0 Å². The maximum atomic E-state index is 8.48. The van der Waals surface area contributed by atoms with Crippen molar-refractivity contribution in [1.82, 2.24) is 0 Å². The van der Waals surface area contributed by atoms with Crippen LogP contribution in [-0.4, -0.2) is 0 Å². The molecule has 134 valence electrons. The Kier molecular flexibility index (Phi) is 20.0. The van der Waals surface area contributed by atoms with Crippen LogP contribution in [0.1, 0.15) is 16.7 Å². The van der Waals surface area contributed by atoms with Crippen molar-refractivity contribution in [1.29, 1.82) is 0 Å². The van der Waals surface area contributed by atoms with E-state index in [1.54, 1.807) is 0 Å². The van der Waals surface area contributed by atoms with Crippen LogP contribution in [-0.2, 0) is 70.0 Å². The SMILES string of the molecule is [O-]P([O-])[O-].[Zn+][CH2]c1ccccc1.[Zn+][CH2]c1ccccc1.[Zn+][CH2]c1ccccc1. The summed E-state index contributed by atoms with van der Waals surface area (Å²) in [5.41, 5.74) is 4.40. The first kappa shape index (κ1) is 27.8. The predicted molar refractivity (Wildman–Crippen MR) is 97.4 cm³/mol. The molecule has 7 heteroatoms. The standard InChI is InChI=1S/3C7H7.O3P.3Zn/c3*1-7-5-3-2-4-6-7;1-4(2)3;;;/h3*2-6H,1H2;;;;/q;;;-3;3*+1. The summed E-state index contributed by atoms with van der Waals surface area (Å²) >= 11 is 4.10. The van der Waals surface area contributed by atoms with Gasteiger partial charge in [-0.1, -0.05) is 0 Å². The number of hydrogen-bond donors (Lipinski definition) is 0. The second-order valence-electron chi connectivity index (χ2n) is 5.43. The molecule has 0 spiro atoms. The summed E-state index contributed by atoms with van der Waals surface area (Å²) in [6.45, 7) is 0. The summed E-state index contributed by atoms with van der Waals surface area (Å²) in [4.78, 5) is 25.4. The molecule has 28 heavy (non-hydrogen) atoms. The number of hydrogen-bond acceptors (Lipinski definition) is 3. The molecule has 0 aliphatic heterocycles. The molecule has 0 aliphatic rings. The van der Waals surface area contributed by atoms with E-state index in [0.29, 0.717) is 0 Å². The fourth-order valence-electron chi connectivity index (χ4n) is 1.93. The first-order chi connectivity index (χ1) is 13.5. The average molecular weight is 549 g/mol. The molecular weight excluding hydrogens is 527 g/mol. The molecule has 0 heterocycles. The first-order valence-electron chi connectivity index (χ1n) is 8.84. The van der Waals surface area contributed by atoms with Crippen molar-refractivity contribution in [3.05, 3.63) is 108 Å². The molecule has 0 saturated heterocycles. The van der Waals surface area contributed by atoms with Gasteiger partial charge in [-0.05, 0) is 0 Å². The molecule has 0 amide bonds. The second kappa shape index (κ2) is 20.1. The Morgan fingerprint density at radius 1 is 0.464 bits per heavy atom. The molecule has 0 N–H and O–H groups in total. The van der Waals surface area contributed by atoms with Crippen molar-refractivity contribution in [2.24, 2.45) is 0 Å². The van der Waals surface area contributed by atoms with Gasteiger partial charge in [0.1, 0.15) is 0 Å². The Morgan fingerprint density at radius 3 is 0.750 bits per heavy atom. The topological polar surface area (TPSA) is 69.2 Å². The Morgan fingerprint density at radius 2 is 0.643 bits per heavy atom. The zero-order valence-electron chi connectivity index (χ0n) is 16.1. The van der Waals surface area contributed by atoms with Crippen LogP contribution in [0.2, 0.25) is 0 Å². The van der Waals surface area contributed by atoms with Gasteiger partial charge in [0.2, 0.25) is 0 Å². The third kappa shape index (κ3) is 17.9. The first-order valence-corrected chi connectivity index (χ1v) is 16.2. The van der Waals surface area contributed by atoms with Crippen LogP contribution in [0, 0.1) is 0 Å². The molecule has 3 aromatic rings. The zero-order valence-corrected chi connectivity index (χ0v) is 25.9. The van der Waals surface area contributed by atoms with E-state index in [2.05, 4.69) is 91.0 Å². The summed E-state index contributed by atoms with van der Waals surface area (Å²) in [6, 6.07) is 31.7. The zero-order chi connectivity index (χ0) is 21.0. The van der Waals surface area contributed by atoms with E-state index in [0.717, 1.165) is 0 Å². The molecule has 0 radical (unpaired) electrons. The monoisotopic (exact) mass is 544 g/mol. The third-order valence-electron chi connectivity index (χ3n) is 3.39. The van der Waals surface area contributed by atoms with E-state index in [-0.39, 0.29) is 0 Å². The van der Waals surface area contributed by atoms with Crippen molar-refractivity contribution < 1.29 is 69.6 Å². The number of benzene rings is 3. The third-order valence-corrected chi connectivity index (χ3v) is 7.03. The summed E-state index contributed by atoms with van der Waals surface area (Å²) in [7, 11) is -3.37. The molecule has 0 fully saturated rings. The Bertz CT molecular complexity index is 590. The van der Waals surface area contributed by atoms with Gasteiger partial charge >= 0.3 is 178 Å². The van der Waals surface area contributed by atoms with Crippen LogP contribution in [0.4, 0.5) is 0 Å². The van der Waals surface area contributed by atoms with Gasteiger partial charge in [0, 0.05) is 0 Å². The summed E-state index contributed by atoms with van der Waals surface area (Å²) < 4.78 is 0. The van der Waals surface area contributed by atoms with E-state index < -0.39 is 8.60 Å². The van der Waals surface area contributed by atoms with E-state index >= 15 is 0 Å². The van der Waals surface area contributed by atoms with Crippen LogP contribution in [0.25, 0.3) is 0 Å². The van der Waals surface area contributed by atoms with Gasteiger partial charge in [-0.3, -0.25) is 0 Å². The fourth-order valence-corrected chi connectivity index (χ4v) is 4.03. The molecule has 0 aliphatic carbocycles. The van der Waals surface area contributed by atoms with E-state index in [9.17, 15) is 0 Å². The summed E-state index contributed by atoms with van der Waals surface area (Å²) in [5, 5.41) is 3.79. The van der Waals surface area contributed by atoms with Gasteiger partial charge in [0.25, 0.3) is 0 Å². The van der Waals surface area contributed by atoms with Gasteiger partial charge < -0.3 is 23.3 Å². The minimum atomic E-state index is -3.37. The van der Waals surface area contributed by atoms with Gasteiger partial charge in [0.05, 0.1) is 0 Å². The van der Waals surface area contributed by atoms with Crippen molar-refractivity contribution in [2.45, 2.75) is 15.0 Å². The van der Waals surface area contributed by atoms with E-state index in [4.69, 9.17) is 14.7 Å². The maximum absolute atomic E-state index is 8.48. The van der Waals surface area contributed by atoms with Crippen molar-refractivity contribution in [3.63, 3.8) is 0 Å². The predicted octanol–water partition coefficient (Wildman–Crippen LogP) is 2.49. The summed E-state index contributed by atoms with van der Waals surface area (Å²) in [5.74, 6) is 0. The fraction of sp³-hybridized carbons (Fsp3) is 0.143. The van der Waals surface area contributed by atoms with Crippen LogP contribution >= 0.6 is 8.60 Å². The molecular formula is C21H21O3PZn3. The Hall–Kier alpha value is -0.160. The van der Waals surface area contributed by atoms with Gasteiger partial charge in [0.15, 0.2) is 0 Å². The van der Waals surface area contributed by atoms with E-state index in [1.807, 2.05) is 0 Å². The van der Waals surface area contributed by atoms with Crippen molar-refractivity contribution >= 4 is 8.60 Å². The number of rotatable bonds is 3. The van der Waals surface area contributed by atoms with Crippen LogP contribution in [0.5, 0.6) is 0 Å². The van der Waals surface area contributed by atoms with Crippen molar-refractivity contribution in [2.75, 3.05) is 0 Å². The second-order valence-corrected chi connectivity index (χ2v) is 9.02. The molecule has 0 unspecified atom stereocenters. The van der Waals surface area contributed by atoms with Crippen LogP contribution in [0.3, 0.4) is 0 Å². The van der Waals surface area contributed by atoms with Crippen LogP contribution in [0.15, 0.2) is 91.0 Å². The Balaban J connectivity index is 0.000000358. The minimum absolute atomic E-state index is 1.26. The van der Waals surface area contributed by atoms with E-state index in [1.165, 1.54) is 86.6 Å². The molecule has 3 nitrogen and oxygen atoms in total. The molecule has 3 aromatic carbocycles.